The van der Waals surface area contributed by atoms with Crippen molar-refractivity contribution in [1.29, 1.82) is 0 Å². The van der Waals surface area contributed by atoms with Gasteiger partial charge >= 0.3 is 0 Å². The Kier molecular flexibility index (Phi) is 7.09. The summed E-state index contributed by atoms with van der Waals surface area (Å²) < 4.78 is 18.1. The Bertz CT molecular complexity index is 756. The molecule has 0 unspecified atom stereocenters. The lowest BCUT2D eigenvalue weighted by Crippen LogP contribution is -2.18. The number of hydrogen-bond acceptors (Lipinski definition) is 4. The second-order valence-electron chi connectivity index (χ2n) is 4.95. The molecule has 5 nitrogen and oxygen atoms in total. The third kappa shape index (κ3) is 6.28. The van der Waals surface area contributed by atoms with E-state index in [1.807, 2.05) is 0 Å². The Labute approximate surface area is 153 Å². The van der Waals surface area contributed by atoms with Crippen LogP contribution in [0.5, 0.6) is 5.75 Å². The largest absolute Gasteiger partial charge is 0.497 e. The molecule has 2 rings (SSSR count). The molecule has 0 saturated carbocycles. The van der Waals surface area contributed by atoms with Crippen molar-refractivity contribution in [1.82, 2.24) is 0 Å². The van der Waals surface area contributed by atoms with E-state index in [-0.39, 0.29) is 28.3 Å². The van der Waals surface area contributed by atoms with Crippen molar-refractivity contribution in [3.8, 4) is 5.75 Å². The van der Waals surface area contributed by atoms with Crippen LogP contribution in [0.25, 0.3) is 0 Å². The molecular formula is C17H16ClFN2O3S. The summed E-state index contributed by atoms with van der Waals surface area (Å²) in [6.45, 7) is 0. The Morgan fingerprint density at radius 1 is 1.04 bits per heavy atom. The van der Waals surface area contributed by atoms with Gasteiger partial charge < -0.3 is 15.4 Å². The molecule has 0 heterocycles. The van der Waals surface area contributed by atoms with Crippen LogP contribution in [0.4, 0.5) is 15.8 Å². The Hall–Kier alpha value is -2.25. The van der Waals surface area contributed by atoms with E-state index < -0.39 is 5.82 Å². The van der Waals surface area contributed by atoms with Gasteiger partial charge in [-0.2, -0.15) is 0 Å². The molecule has 0 fully saturated rings. The molecule has 0 atom stereocenters. The van der Waals surface area contributed by atoms with Gasteiger partial charge in [-0.15, -0.1) is 11.8 Å². The number of amides is 2. The number of ether oxygens (including phenoxy) is 1. The highest BCUT2D eigenvalue weighted by molar-refractivity contribution is 8.00. The lowest BCUT2D eigenvalue weighted by atomic mass is 10.3. The van der Waals surface area contributed by atoms with Crippen molar-refractivity contribution in [3.63, 3.8) is 0 Å². The summed E-state index contributed by atoms with van der Waals surface area (Å²) in [5.41, 5.74) is 1.05. The monoisotopic (exact) mass is 382 g/mol. The zero-order chi connectivity index (χ0) is 18.2. The van der Waals surface area contributed by atoms with E-state index in [0.29, 0.717) is 17.1 Å². The quantitative estimate of drug-likeness (QED) is 0.764. The van der Waals surface area contributed by atoms with E-state index in [2.05, 4.69) is 10.6 Å². The van der Waals surface area contributed by atoms with Crippen LogP contribution < -0.4 is 15.4 Å². The number of benzene rings is 2. The van der Waals surface area contributed by atoms with Crippen molar-refractivity contribution >= 4 is 46.6 Å². The SMILES string of the molecule is COc1ccc(NC(=O)CSCC(=O)Nc2ccc(F)c(Cl)c2)cc1. The van der Waals surface area contributed by atoms with E-state index in [1.165, 1.54) is 30.0 Å². The number of halogens is 2. The fraction of sp³-hybridized carbons (Fsp3) is 0.176. The first-order valence-corrected chi connectivity index (χ1v) is 8.78. The van der Waals surface area contributed by atoms with Crippen LogP contribution >= 0.6 is 23.4 Å². The summed E-state index contributed by atoms with van der Waals surface area (Å²) in [5.74, 6) is -0.152. The lowest BCUT2D eigenvalue weighted by Gasteiger charge is -2.07. The number of nitrogens with one attached hydrogen (secondary N) is 2. The summed E-state index contributed by atoms with van der Waals surface area (Å²) in [6, 6.07) is 10.9. The van der Waals surface area contributed by atoms with Crippen LogP contribution in [-0.4, -0.2) is 30.4 Å². The molecule has 2 amide bonds. The first kappa shape index (κ1) is 19.1. The molecule has 0 bridgehead atoms. The molecule has 0 spiro atoms. The summed E-state index contributed by atoms with van der Waals surface area (Å²) in [6.07, 6.45) is 0. The van der Waals surface area contributed by atoms with Crippen LogP contribution in [0.1, 0.15) is 0 Å². The van der Waals surface area contributed by atoms with Crippen molar-refractivity contribution in [2.24, 2.45) is 0 Å². The molecule has 0 aromatic heterocycles. The standard InChI is InChI=1S/C17H16ClFN2O3S/c1-24-13-5-2-11(3-6-13)20-16(22)9-25-10-17(23)21-12-4-7-15(19)14(18)8-12/h2-8H,9-10H2,1H3,(H,20,22)(H,21,23). The number of anilines is 2. The van der Waals surface area contributed by atoms with Gasteiger partial charge in [0.1, 0.15) is 11.6 Å². The average molecular weight is 383 g/mol. The zero-order valence-corrected chi connectivity index (χ0v) is 14.9. The summed E-state index contributed by atoms with van der Waals surface area (Å²) >= 11 is 6.81. The molecule has 132 valence electrons. The Morgan fingerprint density at radius 2 is 1.60 bits per heavy atom. The molecular weight excluding hydrogens is 367 g/mol. The number of carbonyl (C=O) groups excluding carboxylic acids is 2. The van der Waals surface area contributed by atoms with Gasteiger partial charge in [0.25, 0.3) is 0 Å². The molecule has 2 aromatic rings. The predicted octanol–water partition coefficient (Wildman–Crippen LogP) is 3.80. The second-order valence-corrected chi connectivity index (χ2v) is 6.34. The molecule has 8 heteroatoms. The fourth-order valence-electron chi connectivity index (χ4n) is 1.88. The highest BCUT2D eigenvalue weighted by Crippen LogP contribution is 2.19. The number of rotatable bonds is 7. The maximum absolute atomic E-state index is 13.0. The maximum Gasteiger partial charge on any atom is 0.234 e. The van der Waals surface area contributed by atoms with Crippen molar-refractivity contribution in [2.75, 3.05) is 29.2 Å². The minimum Gasteiger partial charge on any atom is -0.497 e. The highest BCUT2D eigenvalue weighted by Gasteiger charge is 2.08. The molecule has 0 aliphatic carbocycles. The summed E-state index contributed by atoms with van der Waals surface area (Å²) in [5, 5.41) is 5.25. The maximum atomic E-state index is 13.0. The van der Waals surface area contributed by atoms with E-state index in [1.54, 1.807) is 31.4 Å². The van der Waals surface area contributed by atoms with Gasteiger partial charge in [0, 0.05) is 11.4 Å². The zero-order valence-electron chi connectivity index (χ0n) is 13.3. The summed E-state index contributed by atoms with van der Waals surface area (Å²) in [4.78, 5) is 23.6. The fourth-order valence-corrected chi connectivity index (χ4v) is 2.68. The first-order chi connectivity index (χ1) is 12.0. The normalized spacial score (nSPS) is 10.2. The number of hydrogen-bond donors (Lipinski definition) is 2. The number of thioether (sulfide) groups is 1. The van der Waals surface area contributed by atoms with Gasteiger partial charge in [0.15, 0.2) is 0 Å². The second kappa shape index (κ2) is 9.29. The van der Waals surface area contributed by atoms with Crippen molar-refractivity contribution < 1.29 is 18.7 Å². The minimum absolute atomic E-state index is 0.0654. The van der Waals surface area contributed by atoms with Gasteiger partial charge in [0.05, 0.1) is 23.6 Å². The molecule has 0 aliphatic rings. The van der Waals surface area contributed by atoms with E-state index >= 15 is 0 Å². The van der Waals surface area contributed by atoms with Crippen LogP contribution in [0.15, 0.2) is 42.5 Å². The summed E-state index contributed by atoms with van der Waals surface area (Å²) in [7, 11) is 1.56. The van der Waals surface area contributed by atoms with E-state index in [9.17, 15) is 14.0 Å². The Balaban J connectivity index is 1.72. The number of carbonyl (C=O) groups is 2. The highest BCUT2D eigenvalue weighted by atomic mass is 35.5. The van der Waals surface area contributed by atoms with Gasteiger partial charge in [-0.25, -0.2) is 4.39 Å². The third-order valence-electron chi connectivity index (χ3n) is 3.04. The van der Waals surface area contributed by atoms with Crippen LogP contribution in [-0.2, 0) is 9.59 Å². The molecule has 0 aliphatic heterocycles. The Morgan fingerprint density at radius 3 is 2.16 bits per heavy atom. The smallest absolute Gasteiger partial charge is 0.234 e. The first-order valence-electron chi connectivity index (χ1n) is 7.24. The number of methoxy groups -OCH3 is 1. The van der Waals surface area contributed by atoms with Crippen molar-refractivity contribution in [3.05, 3.63) is 53.3 Å². The average Bonchev–Trinajstić information content (AvgIpc) is 2.59. The predicted molar refractivity (Wildman–Crippen MR) is 99.0 cm³/mol. The van der Waals surface area contributed by atoms with Gasteiger partial charge in [-0.05, 0) is 42.5 Å². The molecule has 0 saturated heterocycles. The van der Waals surface area contributed by atoms with Gasteiger partial charge in [0.2, 0.25) is 11.8 Å². The van der Waals surface area contributed by atoms with Gasteiger partial charge in [-0.3, -0.25) is 9.59 Å². The van der Waals surface area contributed by atoms with Crippen molar-refractivity contribution in [2.45, 2.75) is 0 Å². The third-order valence-corrected chi connectivity index (χ3v) is 4.27. The van der Waals surface area contributed by atoms with E-state index in [4.69, 9.17) is 16.3 Å². The lowest BCUT2D eigenvalue weighted by molar-refractivity contribution is -0.114. The minimum atomic E-state index is -0.552. The van der Waals surface area contributed by atoms with E-state index in [0.717, 1.165) is 0 Å². The molecule has 0 radical (unpaired) electrons. The van der Waals surface area contributed by atoms with Crippen LogP contribution in [0, 0.1) is 5.82 Å². The topological polar surface area (TPSA) is 67.4 Å². The van der Waals surface area contributed by atoms with Crippen LogP contribution in [0.2, 0.25) is 5.02 Å². The molecule has 2 N–H and O–H groups in total. The van der Waals surface area contributed by atoms with Gasteiger partial charge in [-0.1, -0.05) is 11.6 Å². The molecule has 2 aromatic carbocycles. The van der Waals surface area contributed by atoms with Crippen LogP contribution in [0.3, 0.4) is 0 Å². The molecule has 25 heavy (non-hydrogen) atoms.